The number of fused-ring (bicyclic) bond motifs is 6. The maximum Gasteiger partial charge on any atom is 0.407 e. The third-order valence-electron chi connectivity index (χ3n) is 24.9. The Labute approximate surface area is 789 Å². The van der Waals surface area contributed by atoms with E-state index in [2.05, 4.69) is 48.8 Å². The van der Waals surface area contributed by atoms with Gasteiger partial charge in [-0.25, -0.2) is 29.2 Å². The third-order valence-corrected chi connectivity index (χ3v) is 24.9. The Kier molecular flexibility index (Phi) is 45.6. The van der Waals surface area contributed by atoms with Crippen molar-refractivity contribution in [2.45, 2.75) is 211 Å². The quantitative estimate of drug-likeness (QED) is 0.00873. The molecule has 4 aliphatic heterocycles. The lowest BCUT2D eigenvalue weighted by Gasteiger charge is -2.40. The molecule has 1 saturated carbocycles. The molecule has 4 aromatic heterocycles. The van der Waals surface area contributed by atoms with Crippen LogP contribution in [0.25, 0.3) is 33.3 Å². The van der Waals surface area contributed by atoms with Gasteiger partial charge in [0.2, 0.25) is 17.6 Å². The number of allylic oxidation sites excluding steroid dienone is 6. The third kappa shape index (κ3) is 34.4. The van der Waals surface area contributed by atoms with Crippen molar-refractivity contribution in [1.82, 2.24) is 50.1 Å². The summed E-state index contributed by atoms with van der Waals surface area (Å²) >= 11 is 0. The van der Waals surface area contributed by atoms with Crippen LogP contribution in [0.5, 0.6) is 0 Å². The number of alkyl carbamates (subject to hydrolysis) is 1. The predicted octanol–water partition coefficient (Wildman–Crippen LogP) is 6.67. The van der Waals surface area contributed by atoms with E-state index < -0.39 is 114 Å². The number of aromatic amines is 1. The van der Waals surface area contributed by atoms with Crippen LogP contribution in [0, 0.1) is 23.7 Å². The van der Waals surface area contributed by atoms with E-state index in [1.807, 2.05) is 72.1 Å². The van der Waals surface area contributed by atoms with E-state index in [9.17, 15) is 53.7 Å². The molecule has 2 bridgehead atoms. The van der Waals surface area contributed by atoms with Crippen LogP contribution in [0.15, 0.2) is 96.7 Å². The molecule has 135 heavy (non-hydrogen) atoms. The van der Waals surface area contributed by atoms with Crippen LogP contribution < -0.4 is 22.1 Å². The Balaban J connectivity index is 0.504. The lowest BCUT2D eigenvalue weighted by Crippen LogP contribution is -2.58. The maximum atomic E-state index is 14.6. The van der Waals surface area contributed by atoms with Gasteiger partial charge in [0.25, 0.3) is 11.7 Å². The van der Waals surface area contributed by atoms with Gasteiger partial charge in [-0.15, -0.1) is 0 Å². The number of anilines is 1. The summed E-state index contributed by atoms with van der Waals surface area (Å²) in [6, 6.07) is 8.08. The summed E-state index contributed by atoms with van der Waals surface area (Å²) in [5, 5.41) is 46.4. The van der Waals surface area contributed by atoms with Gasteiger partial charge < -0.3 is 123 Å². The van der Waals surface area contributed by atoms with Gasteiger partial charge >= 0.3 is 12.1 Å². The summed E-state index contributed by atoms with van der Waals surface area (Å²) < 4.78 is 87.6. The van der Waals surface area contributed by atoms with E-state index >= 15 is 0 Å². The highest BCUT2D eigenvalue weighted by Crippen LogP contribution is 2.37. The molecule has 0 spiro atoms. The van der Waals surface area contributed by atoms with E-state index in [1.54, 1.807) is 27.2 Å². The van der Waals surface area contributed by atoms with Gasteiger partial charge in [-0.2, -0.15) is 5.10 Å². The fraction of sp³-hybridized carbons (Fsp3) is 0.649. The zero-order chi connectivity index (χ0) is 96.4. The number of aliphatic hydroxyl groups excluding tert-OH is 2. The molecule has 0 radical (unpaired) electrons. The molecular weight excluding hydrogens is 1750 g/mol. The number of nitrogen functional groups attached to an aromatic ring is 1. The Morgan fingerprint density at radius 2 is 1.33 bits per heavy atom. The second-order valence-electron chi connectivity index (χ2n) is 35.1. The van der Waals surface area contributed by atoms with Gasteiger partial charge in [-0.1, -0.05) is 75.4 Å². The van der Waals surface area contributed by atoms with Crippen LogP contribution in [-0.2, 0) is 124 Å². The van der Waals surface area contributed by atoms with Crippen LogP contribution in [-0.4, -0.2) is 335 Å². The first-order valence-electron chi connectivity index (χ1n) is 47.5. The molecule has 5 aromatic rings. The molecule has 1 aromatic carbocycles. The molecule has 4 amide bonds. The van der Waals surface area contributed by atoms with Gasteiger partial charge in [0.1, 0.15) is 59.7 Å². The van der Waals surface area contributed by atoms with Crippen molar-refractivity contribution >= 4 is 75.0 Å². The Morgan fingerprint density at radius 1 is 0.674 bits per heavy atom. The summed E-state index contributed by atoms with van der Waals surface area (Å²) in [6.07, 6.45) is 12.9. The molecule has 10 N–H and O–H groups in total. The summed E-state index contributed by atoms with van der Waals surface area (Å²) in [6.45, 7) is 17.5. The Hall–Kier alpha value is -9.30. The van der Waals surface area contributed by atoms with E-state index in [4.69, 9.17) is 87.6 Å². The smallest absolute Gasteiger partial charge is 0.407 e. The van der Waals surface area contributed by atoms with Crippen molar-refractivity contribution in [3.63, 3.8) is 0 Å². The molecule has 746 valence electrons. The van der Waals surface area contributed by atoms with Gasteiger partial charge in [0.05, 0.1) is 169 Å². The minimum absolute atomic E-state index is 0.000175. The number of piperidine rings is 1. The highest BCUT2D eigenvalue weighted by Gasteiger charge is 2.50. The normalized spacial score (nSPS) is 24.9. The Morgan fingerprint density at radius 3 is 1.99 bits per heavy atom. The fourth-order valence-electron chi connectivity index (χ4n) is 17.3. The number of esters is 1. The molecule has 8 heterocycles. The summed E-state index contributed by atoms with van der Waals surface area (Å²) in [5.74, 6) is -8.25. The number of pyridine rings is 1. The van der Waals surface area contributed by atoms with Gasteiger partial charge in [-0.3, -0.25) is 28.8 Å². The molecule has 38 nitrogen and oxygen atoms in total. The molecule has 0 unspecified atom stereocenters. The van der Waals surface area contributed by atoms with E-state index in [1.165, 1.54) is 32.0 Å². The highest BCUT2D eigenvalue weighted by atomic mass is 16.6. The monoisotopic (exact) mass is 1890 g/mol. The number of nitrogens with two attached hydrogens (primary N) is 2. The minimum atomic E-state index is -2.47. The largest absolute Gasteiger partial charge is 0.459 e. The van der Waals surface area contributed by atoms with Crippen LogP contribution in [0.1, 0.15) is 148 Å². The van der Waals surface area contributed by atoms with Crippen LogP contribution >= 0.6 is 0 Å². The van der Waals surface area contributed by atoms with E-state index in [0.29, 0.717) is 212 Å². The number of rotatable bonds is 45. The maximum absolute atomic E-state index is 14.6. The van der Waals surface area contributed by atoms with Crippen molar-refractivity contribution in [3.05, 3.63) is 113 Å². The molecule has 2 saturated heterocycles. The van der Waals surface area contributed by atoms with Crippen LogP contribution in [0.4, 0.5) is 10.6 Å². The van der Waals surface area contributed by atoms with Crippen molar-refractivity contribution in [2.75, 3.05) is 178 Å². The Bertz CT molecular complexity index is 4700. The standard InChI is InChI=1S/C97H142N12O26/c1-64-14-9-8-10-15-65(2)80(121-6)58-75-16-13-26-97(120,135-75)90(116)94(117)108-30-12-11-17-77(108)95(118)133-81(59-78(110)66(3)53-68(5)88(114)89(115)87(113)67(4)52-64)76(98)55-69-19-21-79(82(56-69)122-7)134-96(119)102-29-35-126-39-43-130-47-51-131-48-44-127-40-36-123-32-24-83(111)100-28-34-125-38-42-129-46-50-132-49-45-128-41-37-124-33-25-84(112)107-31-23-71-54-70(18-20-73(71)62-107)61-109-93-85(91(99)104-63-105-93)86(106-109)74-57-72-22-27-101-92(72)103-60-74/h8-10,14-15,18,20,22,27,53-54,57,60,63-64,66-67,69,75-77,79-82,88-89,114-115,120H,11-13,16-17,19,21,23-26,28-52,55-56,58-59,61-62,98H2,1-7H3,(H,100,111)(H,101,103)(H,102,119)(H2,99,104,105)/b10-8?,14-9+,65-15?,68-53+/t64-,66-,67-,69+,75+,76-,77+,79-,80+,81+,82-,88-,89+,97-/m1/s1. The van der Waals surface area contributed by atoms with Crippen molar-refractivity contribution < 1.29 is 125 Å². The molecule has 38 heteroatoms. The van der Waals surface area contributed by atoms with Crippen molar-refractivity contribution in [3.8, 4) is 11.3 Å². The van der Waals surface area contributed by atoms with Crippen LogP contribution in [0.2, 0.25) is 0 Å². The number of carbonyl (C=O) groups is 8. The summed E-state index contributed by atoms with van der Waals surface area (Å²) in [7, 11) is 3.05. The zero-order valence-electron chi connectivity index (χ0n) is 79.3. The first-order chi connectivity index (χ1) is 65.3. The topological polar surface area (TPSA) is 491 Å². The SMILES string of the molecule is CO[C@H]1C[C@@H]2CCC[C@@](O)(O2)C(=O)C(=O)N2CCCC[C@H]2C(=O)O[C@H]([C@H](N)C[C@@H]2CC[C@@H](OC(=O)NCCOCCOCCOCCOCCOCCC(=O)NCCOCCOCCOCCOCCOCCC(=O)N3CCc4cc(Cn5nc(-c6cnc7[nH]ccc7c6)c6c(N)ncnc65)ccc4C3)[C@H](OC)C2)CC(=O)[C@H](C)/C=C(\C)[C@@H](O)[C@@H](O)C(=O)[C@H](C)C[C@H](C)/C=C/C=CC=C1C. The summed E-state index contributed by atoms with van der Waals surface area (Å²) in [5.41, 5.74) is 20.7. The molecule has 3 fully saturated rings. The van der Waals surface area contributed by atoms with E-state index in [0.717, 1.165) is 44.6 Å². The average Bonchev–Trinajstić information content (AvgIpc) is 1.62. The predicted molar refractivity (Wildman–Crippen MR) is 497 cm³/mol. The number of carbonyl (C=O) groups excluding carboxylic acids is 8. The first kappa shape index (κ1) is 108. The number of amides is 4. The number of ether oxygens (including phenoxy) is 15. The second kappa shape index (κ2) is 57.2. The number of nitrogens with one attached hydrogen (secondary N) is 3. The number of aromatic nitrogens is 6. The van der Waals surface area contributed by atoms with Crippen molar-refractivity contribution in [2.24, 2.45) is 29.4 Å². The highest BCUT2D eigenvalue weighted by molar-refractivity contribution is 6.39. The number of nitrogens with zero attached hydrogens (tertiary/aromatic N) is 7. The number of H-pyrrole nitrogens is 1. The number of aliphatic hydroxyl groups is 3. The second-order valence-corrected chi connectivity index (χ2v) is 35.1. The van der Waals surface area contributed by atoms with Gasteiger partial charge in [0.15, 0.2) is 11.4 Å². The average molecular weight is 1890 g/mol. The molecule has 10 rings (SSSR count). The number of Topliss-reactive ketones (excluding diaryl/α,β-unsaturated/α-hetero) is 3. The molecule has 1 aliphatic carbocycles. The van der Waals surface area contributed by atoms with E-state index in [-0.39, 0.29) is 101 Å². The van der Waals surface area contributed by atoms with Gasteiger partial charge in [-0.05, 0) is 136 Å². The molecular formula is C97H142N12O26. The van der Waals surface area contributed by atoms with Crippen molar-refractivity contribution in [1.29, 1.82) is 0 Å². The number of ketones is 3. The fourth-order valence-corrected chi connectivity index (χ4v) is 17.3. The molecule has 14 atom stereocenters. The number of hydrogen-bond donors (Lipinski definition) is 8. The lowest BCUT2D eigenvalue weighted by atomic mass is 9.80. The number of hydrogen-bond acceptors (Lipinski definition) is 32. The molecule has 5 aliphatic rings. The van der Waals surface area contributed by atoms with Gasteiger partial charge in [0, 0.05) is 114 Å². The number of methoxy groups -OCH3 is 2. The minimum Gasteiger partial charge on any atom is -0.459 e. The zero-order valence-corrected chi connectivity index (χ0v) is 79.3. The summed E-state index contributed by atoms with van der Waals surface area (Å²) in [4.78, 5) is 129. The number of cyclic esters (lactones) is 1. The first-order valence-corrected chi connectivity index (χ1v) is 47.5. The van der Waals surface area contributed by atoms with Crippen LogP contribution in [0.3, 0.4) is 0 Å². The lowest BCUT2D eigenvalue weighted by molar-refractivity contribution is -0.245. The number of benzene rings is 1.